The van der Waals surface area contributed by atoms with Gasteiger partial charge in [-0.05, 0) is 43.5 Å². The van der Waals surface area contributed by atoms with Crippen molar-refractivity contribution in [2.24, 2.45) is 0 Å². The maximum absolute atomic E-state index is 12.4. The highest BCUT2D eigenvalue weighted by atomic mass is 35.5. The lowest BCUT2D eigenvalue weighted by molar-refractivity contribution is 0.194. The second kappa shape index (κ2) is 8.00. The molecule has 0 saturated carbocycles. The summed E-state index contributed by atoms with van der Waals surface area (Å²) in [7, 11) is 0. The fourth-order valence-corrected chi connectivity index (χ4v) is 3.88. The number of urea groups is 1. The molecule has 1 heterocycles. The van der Waals surface area contributed by atoms with Crippen molar-refractivity contribution in [3.8, 4) is 0 Å². The lowest BCUT2D eigenvalue weighted by Crippen LogP contribution is -2.51. The standard InChI is InChI=1S/C21H26ClN3O/c1-15-4-6-18(7-5-15)14-23-21(26)25-10-8-24(9-11-25)20-17(3)12-16(2)13-19(20)22/h4-7,12-13H,8-11,14H2,1-3H3,(H,23,26). The number of anilines is 1. The van der Waals surface area contributed by atoms with E-state index in [0.29, 0.717) is 19.6 Å². The van der Waals surface area contributed by atoms with Crippen molar-refractivity contribution >= 4 is 23.3 Å². The third-order valence-corrected chi connectivity index (χ3v) is 5.13. The van der Waals surface area contributed by atoms with E-state index in [9.17, 15) is 4.79 Å². The van der Waals surface area contributed by atoms with E-state index in [1.54, 1.807) is 0 Å². The molecule has 0 unspecified atom stereocenters. The number of amides is 2. The van der Waals surface area contributed by atoms with Crippen LogP contribution in [0.3, 0.4) is 0 Å². The van der Waals surface area contributed by atoms with Crippen molar-refractivity contribution in [2.75, 3.05) is 31.1 Å². The van der Waals surface area contributed by atoms with Crippen LogP contribution in [-0.4, -0.2) is 37.1 Å². The maximum atomic E-state index is 12.4. The summed E-state index contributed by atoms with van der Waals surface area (Å²) in [4.78, 5) is 16.6. The van der Waals surface area contributed by atoms with Crippen LogP contribution in [0.2, 0.25) is 5.02 Å². The normalized spacial score (nSPS) is 14.5. The number of nitrogens with one attached hydrogen (secondary N) is 1. The Labute approximate surface area is 160 Å². The van der Waals surface area contributed by atoms with Gasteiger partial charge in [-0.15, -0.1) is 0 Å². The van der Waals surface area contributed by atoms with Crippen molar-refractivity contribution in [1.82, 2.24) is 10.2 Å². The third kappa shape index (κ3) is 4.31. The maximum Gasteiger partial charge on any atom is 0.317 e. The Bertz CT molecular complexity index is 757. The van der Waals surface area contributed by atoms with E-state index in [0.717, 1.165) is 29.4 Å². The fraction of sp³-hybridized carbons (Fsp3) is 0.381. The van der Waals surface area contributed by atoms with Crippen molar-refractivity contribution in [1.29, 1.82) is 0 Å². The molecule has 0 bridgehead atoms. The van der Waals surface area contributed by atoms with Gasteiger partial charge >= 0.3 is 6.03 Å². The van der Waals surface area contributed by atoms with E-state index in [2.05, 4.69) is 61.3 Å². The summed E-state index contributed by atoms with van der Waals surface area (Å²) in [6.45, 7) is 9.75. The number of halogens is 1. The Morgan fingerprint density at radius 3 is 2.27 bits per heavy atom. The number of aryl methyl sites for hydroxylation is 3. The molecular formula is C21H26ClN3O. The first kappa shape index (κ1) is 18.6. The van der Waals surface area contributed by atoms with Crippen molar-refractivity contribution in [3.63, 3.8) is 0 Å². The van der Waals surface area contributed by atoms with Crippen LogP contribution in [0, 0.1) is 20.8 Å². The van der Waals surface area contributed by atoms with Crippen LogP contribution < -0.4 is 10.2 Å². The van der Waals surface area contributed by atoms with Crippen LogP contribution in [-0.2, 0) is 6.54 Å². The van der Waals surface area contributed by atoms with Gasteiger partial charge in [0.1, 0.15) is 0 Å². The van der Waals surface area contributed by atoms with Crippen molar-refractivity contribution in [3.05, 3.63) is 63.7 Å². The average Bonchev–Trinajstić information content (AvgIpc) is 2.61. The minimum Gasteiger partial charge on any atom is -0.367 e. The average molecular weight is 372 g/mol. The van der Waals surface area contributed by atoms with Gasteiger partial charge in [0.25, 0.3) is 0 Å². The molecule has 0 radical (unpaired) electrons. The Kier molecular flexibility index (Phi) is 5.72. The van der Waals surface area contributed by atoms with Gasteiger partial charge in [0.2, 0.25) is 0 Å². The van der Waals surface area contributed by atoms with Gasteiger partial charge in [0.15, 0.2) is 0 Å². The first-order valence-corrected chi connectivity index (χ1v) is 9.42. The molecule has 1 aliphatic rings. The summed E-state index contributed by atoms with van der Waals surface area (Å²) in [6, 6.07) is 12.4. The number of hydrogen-bond donors (Lipinski definition) is 1. The van der Waals surface area contributed by atoms with Gasteiger partial charge in [0.05, 0.1) is 10.7 Å². The molecule has 0 spiro atoms. The summed E-state index contributed by atoms with van der Waals surface area (Å²) in [6.07, 6.45) is 0. The van der Waals surface area contributed by atoms with Crippen LogP contribution in [0.5, 0.6) is 0 Å². The predicted octanol–water partition coefficient (Wildman–Crippen LogP) is 4.30. The van der Waals surface area contributed by atoms with Gasteiger partial charge in [-0.25, -0.2) is 4.79 Å². The number of piperazine rings is 1. The number of nitrogens with zero attached hydrogens (tertiary/aromatic N) is 2. The molecule has 26 heavy (non-hydrogen) atoms. The molecule has 1 N–H and O–H groups in total. The van der Waals surface area contributed by atoms with Crippen molar-refractivity contribution in [2.45, 2.75) is 27.3 Å². The summed E-state index contributed by atoms with van der Waals surface area (Å²) in [5.74, 6) is 0. The first-order valence-electron chi connectivity index (χ1n) is 9.04. The molecule has 3 rings (SSSR count). The molecule has 0 atom stereocenters. The zero-order chi connectivity index (χ0) is 18.7. The minimum absolute atomic E-state index is 0.00282. The lowest BCUT2D eigenvalue weighted by atomic mass is 10.1. The number of benzene rings is 2. The highest BCUT2D eigenvalue weighted by Crippen LogP contribution is 2.31. The Morgan fingerprint density at radius 1 is 1.00 bits per heavy atom. The fourth-order valence-electron chi connectivity index (χ4n) is 3.44. The van der Waals surface area contributed by atoms with E-state index < -0.39 is 0 Å². The Hall–Kier alpha value is -2.20. The van der Waals surface area contributed by atoms with E-state index >= 15 is 0 Å². The van der Waals surface area contributed by atoms with Crippen LogP contribution in [0.25, 0.3) is 0 Å². The Morgan fingerprint density at radius 2 is 1.65 bits per heavy atom. The molecule has 1 aliphatic heterocycles. The molecule has 1 fully saturated rings. The van der Waals surface area contributed by atoms with Crippen LogP contribution >= 0.6 is 11.6 Å². The van der Waals surface area contributed by atoms with Crippen LogP contribution in [0.1, 0.15) is 22.3 Å². The quantitative estimate of drug-likeness (QED) is 0.873. The summed E-state index contributed by atoms with van der Waals surface area (Å²) in [5, 5.41) is 3.81. The molecule has 2 aromatic rings. The third-order valence-electron chi connectivity index (χ3n) is 4.85. The van der Waals surface area contributed by atoms with Crippen LogP contribution in [0.15, 0.2) is 36.4 Å². The number of carbonyl (C=O) groups is 1. The van der Waals surface area contributed by atoms with E-state index in [1.165, 1.54) is 16.7 Å². The Balaban J connectivity index is 1.55. The van der Waals surface area contributed by atoms with E-state index in [4.69, 9.17) is 11.6 Å². The molecule has 0 aliphatic carbocycles. The number of rotatable bonds is 3. The molecule has 5 heteroatoms. The smallest absolute Gasteiger partial charge is 0.317 e. The van der Waals surface area contributed by atoms with Gasteiger partial charge in [0, 0.05) is 32.7 Å². The predicted molar refractivity (Wildman–Crippen MR) is 108 cm³/mol. The highest BCUT2D eigenvalue weighted by Gasteiger charge is 2.23. The summed E-state index contributed by atoms with van der Waals surface area (Å²) >= 11 is 6.46. The number of carbonyl (C=O) groups excluding carboxylic acids is 1. The topological polar surface area (TPSA) is 35.6 Å². The molecule has 1 saturated heterocycles. The minimum atomic E-state index is -0.00282. The van der Waals surface area contributed by atoms with Crippen molar-refractivity contribution < 1.29 is 4.79 Å². The zero-order valence-electron chi connectivity index (χ0n) is 15.7. The SMILES string of the molecule is Cc1ccc(CNC(=O)N2CCN(c3c(C)cc(C)cc3Cl)CC2)cc1. The van der Waals surface area contributed by atoms with Crippen LogP contribution in [0.4, 0.5) is 10.5 Å². The summed E-state index contributed by atoms with van der Waals surface area (Å²) in [5.41, 5.74) is 5.79. The molecular weight excluding hydrogens is 346 g/mol. The molecule has 2 aromatic carbocycles. The monoisotopic (exact) mass is 371 g/mol. The highest BCUT2D eigenvalue weighted by molar-refractivity contribution is 6.33. The second-order valence-electron chi connectivity index (χ2n) is 7.03. The largest absolute Gasteiger partial charge is 0.367 e. The van der Waals surface area contributed by atoms with E-state index in [1.807, 2.05) is 11.0 Å². The zero-order valence-corrected chi connectivity index (χ0v) is 16.4. The second-order valence-corrected chi connectivity index (χ2v) is 7.44. The number of hydrogen-bond acceptors (Lipinski definition) is 2. The summed E-state index contributed by atoms with van der Waals surface area (Å²) < 4.78 is 0. The first-order chi connectivity index (χ1) is 12.4. The van der Waals surface area contributed by atoms with Gasteiger partial charge in [-0.1, -0.05) is 47.5 Å². The van der Waals surface area contributed by atoms with Gasteiger partial charge < -0.3 is 15.1 Å². The molecule has 4 nitrogen and oxygen atoms in total. The lowest BCUT2D eigenvalue weighted by Gasteiger charge is -2.37. The molecule has 0 aromatic heterocycles. The molecule has 2 amide bonds. The van der Waals surface area contributed by atoms with Gasteiger partial charge in [-0.3, -0.25) is 0 Å². The van der Waals surface area contributed by atoms with E-state index in [-0.39, 0.29) is 6.03 Å². The van der Waals surface area contributed by atoms with Gasteiger partial charge in [-0.2, -0.15) is 0 Å². The molecule has 138 valence electrons.